The Bertz CT molecular complexity index is 538. The van der Waals surface area contributed by atoms with E-state index >= 15 is 0 Å². The largest absolute Gasteiger partial charge is 0.493 e. The van der Waals surface area contributed by atoms with Gasteiger partial charge in [0.05, 0.1) is 6.61 Å². The fraction of sp³-hybridized carbons (Fsp3) is 0.412. The number of thiophene rings is 1. The molecule has 0 amide bonds. The van der Waals surface area contributed by atoms with Crippen LogP contribution in [0.2, 0.25) is 0 Å². The molecule has 3 heteroatoms. The third-order valence-corrected chi connectivity index (χ3v) is 4.97. The van der Waals surface area contributed by atoms with Crippen LogP contribution in [0.25, 0.3) is 0 Å². The van der Waals surface area contributed by atoms with Crippen molar-refractivity contribution < 1.29 is 4.74 Å². The van der Waals surface area contributed by atoms with Crippen LogP contribution in [0.4, 0.5) is 0 Å². The van der Waals surface area contributed by atoms with Crippen LogP contribution in [-0.2, 0) is 0 Å². The number of hydrogen-bond donors (Lipinski definition) is 1. The van der Waals surface area contributed by atoms with Gasteiger partial charge in [-0.3, -0.25) is 0 Å². The van der Waals surface area contributed by atoms with Gasteiger partial charge in [-0.15, -0.1) is 11.3 Å². The Morgan fingerprint density at radius 3 is 3.00 bits per heavy atom. The van der Waals surface area contributed by atoms with E-state index in [1.165, 1.54) is 10.4 Å². The van der Waals surface area contributed by atoms with Gasteiger partial charge in [-0.25, -0.2) is 0 Å². The van der Waals surface area contributed by atoms with Gasteiger partial charge in [-0.1, -0.05) is 31.2 Å². The number of nitrogens with one attached hydrogen (secondary N) is 1. The van der Waals surface area contributed by atoms with Gasteiger partial charge in [0.1, 0.15) is 5.75 Å². The summed E-state index contributed by atoms with van der Waals surface area (Å²) in [6.45, 7) is 4.10. The molecule has 0 radical (unpaired) electrons. The van der Waals surface area contributed by atoms with E-state index in [0.29, 0.717) is 12.0 Å². The lowest BCUT2D eigenvalue weighted by molar-refractivity contribution is 0.262. The minimum atomic E-state index is 0.477. The predicted octanol–water partition coefficient (Wildman–Crippen LogP) is 4.36. The van der Waals surface area contributed by atoms with Crippen LogP contribution in [0, 0.1) is 0 Å². The Morgan fingerprint density at radius 1 is 1.30 bits per heavy atom. The quantitative estimate of drug-likeness (QED) is 0.882. The molecule has 2 heterocycles. The standard InChI is InChI=1S/C17H21NOS/c1-2-15(17-8-5-11-20-17)18-12-13-9-10-19-16-7-4-3-6-14(13)16/h3-8,11,13,15,18H,2,9-10,12H2,1H3. The smallest absolute Gasteiger partial charge is 0.122 e. The Labute approximate surface area is 124 Å². The molecule has 2 aromatic rings. The van der Waals surface area contributed by atoms with E-state index in [-0.39, 0.29) is 0 Å². The molecule has 0 spiro atoms. The molecule has 0 bridgehead atoms. The highest BCUT2D eigenvalue weighted by molar-refractivity contribution is 7.10. The van der Waals surface area contributed by atoms with Gasteiger partial charge in [-0.2, -0.15) is 0 Å². The first kappa shape index (κ1) is 13.7. The minimum absolute atomic E-state index is 0.477. The number of fused-ring (bicyclic) bond motifs is 1. The molecular weight excluding hydrogens is 266 g/mol. The molecule has 2 atom stereocenters. The van der Waals surface area contributed by atoms with Gasteiger partial charge in [-0.05, 0) is 35.9 Å². The topological polar surface area (TPSA) is 21.3 Å². The average molecular weight is 287 g/mol. The highest BCUT2D eigenvalue weighted by Gasteiger charge is 2.22. The summed E-state index contributed by atoms with van der Waals surface area (Å²) < 4.78 is 5.73. The molecule has 1 N–H and O–H groups in total. The zero-order valence-electron chi connectivity index (χ0n) is 11.8. The summed E-state index contributed by atoms with van der Waals surface area (Å²) in [7, 11) is 0. The maximum Gasteiger partial charge on any atom is 0.122 e. The zero-order chi connectivity index (χ0) is 13.8. The second kappa shape index (κ2) is 6.42. The first-order valence-corrected chi connectivity index (χ1v) is 8.25. The third-order valence-electron chi connectivity index (χ3n) is 3.99. The maximum absolute atomic E-state index is 5.73. The van der Waals surface area contributed by atoms with E-state index in [4.69, 9.17) is 4.74 Å². The fourth-order valence-electron chi connectivity index (χ4n) is 2.85. The lowest BCUT2D eigenvalue weighted by Gasteiger charge is -2.27. The summed E-state index contributed by atoms with van der Waals surface area (Å²) >= 11 is 1.84. The van der Waals surface area contributed by atoms with Crippen molar-refractivity contribution >= 4 is 11.3 Å². The molecule has 1 aliphatic rings. The summed E-state index contributed by atoms with van der Waals surface area (Å²) in [6, 6.07) is 13.3. The van der Waals surface area contributed by atoms with E-state index in [2.05, 4.69) is 54.0 Å². The highest BCUT2D eigenvalue weighted by Crippen LogP contribution is 2.33. The molecule has 0 fully saturated rings. The summed E-state index contributed by atoms with van der Waals surface area (Å²) in [5.74, 6) is 1.63. The Kier molecular flexibility index (Phi) is 4.38. The van der Waals surface area contributed by atoms with Crippen LogP contribution in [-0.4, -0.2) is 13.2 Å². The number of para-hydroxylation sites is 1. The summed E-state index contributed by atoms with van der Waals surface area (Å²) in [5.41, 5.74) is 1.35. The van der Waals surface area contributed by atoms with E-state index < -0.39 is 0 Å². The van der Waals surface area contributed by atoms with Crippen LogP contribution in [0.3, 0.4) is 0 Å². The van der Waals surface area contributed by atoms with Crippen LogP contribution in [0.5, 0.6) is 5.75 Å². The van der Waals surface area contributed by atoms with Crippen molar-refractivity contribution in [3.8, 4) is 5.75 Å². The molecule has 0 aliphatic carbocycles. The van der Waals surface area contributed by atoms with E-state index in [0.717, 1.165) is 31.7 Å². The second-order valence-corrected chi connectivity index (χ2v) is 6.24. The SMILES string of the molecule is CCC(NCC1CCOc2ccccc21)c1cccs1. The van der Waals surface area contributed by atoms with Crippen molar-refractivity contribution in [3.63, 3.8) is 0 Å². The van der Waals surface area contributed by atoms with Crippen molar-refractivity contribution in [2.75, 3.05) is 13.2 Å². The number of hydrogen-bond acceptors (Lipinski definition) is 3. The molecule has 3 rings (SSSR count). The van der Waals surface area contributed by atoms with Gasteiger partial charge in [0.2, 0.25) is 0 Å². The number of ether oxygens (including phenoxy) is 1. The van der Waals surface area contributed by atoms with Crippen LogP contribution in [0.15, 0.2) is 41.8 Å². The first-order valence-electron chi connectivity index (χ1n) is 7.37. The van der Waals surface area contributed by atoms with Crippen LogP contribution >= 0.6 is 11.3 Å². The van der Waals surface area contributed by atoms with Gasteiger partial charge in [0, 0.05) is 23.4 Å². The Morgan fingerprint density at radius 2 is 2.20 bits per heavy atom. The van der Waals surface area contributed by atoms with Crippen molar-refractivity contribution in [2.45, 2.75) is 31.7 Å². The molecule has 20 heavy (non-hydrogen) atoms. The summed E-state index contributed by atoms with van der Waals surface area (Å²) in [4.78, 5) is 1.44. The van der Waals surface area contributed by atoms with Crippen molar-refractivity contribution in [1.29, 1.82) is 0 Å². The molecule has 0 saturated heterocycles. The fourth-order valence-corrected chi connectivity index (χ4v) is 3.73. The molecule has 1 aromatic heterocycles. The van der Waals surface area contributed by atoms with Crippen LogP contribution < -0.4 is 10.1 Å². The Hall–Kier alpha value is -1.32. The first-order chi connectivity index (χ1) is 9.88. The van der Waals surface area contributed by atoms with Crippen LogP contribution in [0.1, 0.15) is 42.2 Å². The summed E-state index contributed by atoms with van der Waals surface area (Å²) in [6.07, 6.45) is 2.23. The number of benzene rings is 1. The molecule has 1 aromatic carbocycles. The van der Waals surface area contributed by atoms with Gasteiger partial charge >= 0.3 is 0 Å². The molecule has 2 nitrogen and oxygen atoms in total. The van der Waals surface area contributed by atoms with Crippen molar-refractivity contribution in [3.05, 3.63) is 52.2 Å². The minimum Gasteiger partial charge on any atom is -0.493 e. The van der Waals surface area contributed by atoms with E-state index in [1.807, 2.05) is 11.3 Å². The van der Waals surface area contributed by atoms with Gasteiger partial charge < -0.3 is 10.1 Å². The molecule has 0 saturated carbocycles. The van der Waals surface area contributed by atoms with Crippen molar-refractivity contribution in [2.24, 2.45) is 0 Å². The lowest BCUT2D eigenvalue weighted by atomic mass is 9.93. The van der Waals surface area contributed by atoms with Gasteiger partial charge in [0.25, 0.3) is 0 Å². The molecule has 1 aliphatic heterocycles. The lowest BCUT2D eigenvalue weighted by Crippen LogP contribution is -2.28. The summed E-state index contributed by atoms with van der Waals surface area (Å²) in [5, 5.41) is 5.89. The maximum atomic E-state index is 5.73. The van der Waals surface area contributed by atoms with Crippen molar-refractivity contribution in [1.82, 2.24) is 5.32 Å². The second-order valence-electron chi connectivity index (χ2n) is 5.26. The highest BCUT2D eigenvalue weighted by atomic mass is 32.1. The van der Waals surface area contributed by atoms with Gasteiger partial charge in [0.15, 0.2) is 0 Å². The monoisotopic (exact) mass is 287 g/mol. The molecular formula is C17H21NOS. The number of rotatable bonds is 5. The Balaban J connectivity index is 1.67. The van der Waals surface area contributed by atoms with E-state index in [9.17, 15) is 0 Å². The molecule has 106 valence electrons. The average Bonchev–Trinajstić information content (AvgIpc) is 3.02. The normalized spacial score (nSPS) is 19.1. The van der Waals surface area contributed by atoms with E-state index in [1.54, 1.807) is 0 Å². The zero-order valence-corrected chi connectivity index (χ0v) is 12.7. The third kappa shape index (κ3) is 2.89. The molecule has 2 unspecified atom stereocenters. The predicted molar refractivity (Wildman–Crippen MR) is 84.6 cm³/mol.